The Morgan fingerprint density at radius 3 is 2.33 bits per heavy atom. The molecule has 1 amide bonds. The number of nitrogens with one attached hydrogen (secondary N) is 2. The van der Waals surface area contributed by atoms with Gasteiger partial charge in [0.05, 0.1) is 0 Å². The molecule has 3 rings (SSSR count). The van der Waals surface area contributed by atoms with Gasteiger partial charge in [-0.05, 0) is 61.7 Å². The average Bonchev–Trinajstić information content (AvgIpc) is 2.80. The topological polar surface area (TPSA) is 44.9 Å². The van der Waals surface area contributed by atoms with Crippen LogP contribution in [0.15, 0.2) is 42.5 Å². The van der Waals surface area contributed by atoms with E-state index < -0.39 is 0 Å². The molecule has 0 atom stereocenters. The molecule has 0 aliphatic carbocycles. The second-order valence-corrected chi connectivity index (χ2v) is 5.60. The Balaban J connectivity index is 1.89. The summed E-state index contributed by atoms with van der Waals surface area (Å²) in [6, 6.07) is 14.0. The van der Waals surface area contributed by atoms with Gasteiger partial charge in [0.25, 0.3) is 5.91 Å². The smallest absolute Gasteiger partial charge is 0.272 e. The number of aromatic nitrogens is 1. The van der Waals surface area contributed by atoms with Gasteiger partial charge in [-0.1, -0.05) is 18.2 Å². The van der Waals surface area contributed by atoms with E-state index in [9.17, 15) is 4.79 Å². The molecule has 1 heterocycles. The quantitative estimate of drug-likeness (QED) is 0.719. The third kappa shape index (κ3) is 2.82. The Kier molecular flexibility index (Phi) is 3.26. The zero-order valence-corrected chi connectivity index (χ0v) is 12.4. The third-order valence-corrected chi connectivity index (χ3v) is 3.50. The number of aryl methyl sites for hydroxylation is 3. The number of rotatable bonds is 2. The molecular formula is C18H18N2O. The first kappa shape index (κ1) is 13.4. The van der Waals surface area contributed by atoms with Crippen molar-refractivity contribution in [2.24, 2.45) is 0 Å². The van der Waals surface area contributed by atoms with Crippen LogP contribution in [0.5, 0.6) is 0 Å². The van der Waals surface area contributed by atoms with Crippen LogP contribution in [-0.4, -0.2) is 10.9 Å². The fraction of sp³-hybridized carbons (Fsp3) is 0.167. The lowest BCUT2D eigenvalue weighted by molar-refractivity contribution is 0.102. The van der Waals surface area contributed by atoms with Crippen molar-refractivity contribution in [2.75, 3.05) is 5.32 Å². The van der Waals surface area contributed by atoms with E-state index in [4.69, 9.17) is 0 Å². The number of aromatic amines is 1. The van der Waals surface area contributed by atoms with Crippen LogP contribution in [0.4, 0.5) is 5.69 Å². The highest BCUT2D eigenvalue weighted by Crippen LogP contribution is 2.19. The van der Waals surface area contributed by atoms with Crippen molar-refractivity contribution in [3.05, 3.63) is 64.8 Å². The average molecular weight is 278 g/mol. The van der Waals surface area contributed by atoms with E-state index in [0.29, 0.717) is 5.69 Å². The Morgan fingerprint density at radius 2 is 1.62 bits per heavy atom. The lowest BCUT2D eigenvalue weighted by Crippen LogP contribution is -2.12. The predicted octanol–water partition coefficient (Wildman–Crippen LogP) is 4.35. The van der Waals surface area contributed by atoms with Crippen LogP contribution in [0.1, 0.15) is 27.2 Å². The molecule has 0 spiro atoms. The van der Waals surface area contributed by atoms with Crippen molar-refractivity contribution in [2.45, 2.75) is 20.8 Å². The fourth-order valence-corrected chi connectivity index (χ4v) is 2.61. The van der Waals surface area contributed by atoms with Gasteiger partial charge in [-0.25, -0.2) is 0 Å². The monoisotopic (exact) mass is 278 g/mol. The lowest BCUT2D eigenvalue weighted by atomic mass is 10.1. The molecule has 1 aromatic heterocycles. The highest BCUT2D eigenvalue weighted by atomic mass is 16.1. The highest BCUT2D eigenvalue weighted by Gasteiger charge is 2.10. The molecule has 2 aromatic carbocycles. The number of amides is 1. The van der Waals surface area contributed by atoms with Gasteiger partial charge < -0.3 is 10.3 Å². The van der Waals surface area contributed by atoms with Gasteiger partial charge in [0, 0.05) is 16.6 Å². The standard InChI is InChI=1S/C18H18N2O/c1-11-4-5-14-10-17(20-16(14)9-11)18(21)19-15-7-12(2)6-13(3)8-15/h4-10,20H,1-3H3,(H,19,21). The van der Waals surface area contributed by atoms with Crippen LogP contribution in [-0.2, 0) is 0 Å². The van der Waals surface area contributed by atoms with Crippen molar-refractivity contribution >= 4 is 22.5 Å². The number of hydrogen-bond acceptors (Lipinski definition) is 1. The second kappa shape index (κ2) is 5.09. The summed E-state index contributed by atoms with van der Waals surface area (Å²) in [5, 5.41) is 3.99. The predicted molar refractivity (Wildman–Crippen MR) is 86.9 cm³/mol. The highest BCUT2D eigenvalue weighted by molar-refractivity contribution is 6.06. The molecule has 0 aliphatic rings. The minimum atomic E-state index is -0.117. The first-order valence-electron chi connectivity index (χ1n) is 7.00. The number of carbonyl (C=O) groups excluding carboxylic acids is 1. The molecule has 0 unspecified atom stereocenters. The van der Waals surface area contributed by atoms with Crippen molar-refractivity contribution in [1.82, 2.24) is 4.98 Å². The van der Waals surface area contributed by atoms with Crippen molar-refractivity contribution < 1.29 is 4.79 Å². The van der Waals surface area contributed by atoms with Gasteiger partial charge in [-0.3, -0.25) is 4.79 Å². The van der Waals surface area contributed by atoms with Gasteiger partial charge in [0.15, 0.2) is 0 Å². The first-order valence-corrected chi connectivity index (χ1v) is 7.00. The number of fused-ring (bicyclic) bond motifs is 1. The Labute approximate surface area is 124 Å². The summed E-state index contributed by atoms with van der Waals surface area (Å²) in [7, 11) is 0. The molecule has 3 aromatic rings. The van der Waals surface area contributed by atoms with Crippen molar-refractivity contribution in [3.63, 3.8) is 0 Å². The van der Waals surface area contributed by atoms with Crippen LogP contribution in [0.2, 0.25) is 0 Å². The number of carbonyl (C=O) groups is 1. The van der Waals surface area contributed by atoms with E-state index in [1.807, 2.05) is 57.2 Å². The van der Waals surface area contributed by atoms with Gasteiger partial charge in [-0.15, -0.1) is 0 Å². The Bertz CT molecular complexity index is 810. The summed E-state index contributed by atoms with van der Waals surface area (Å²) in [5.41, 5.74) is 5.84. The molecule has 21 heavy (non-hydrogen) atoms. The molecule has 2 N–H and O–H groups in total. The minimum Gasteiger partial charge on any atom is -0.351 e. The number of anilines is 1. The molecule has 0 radical (unpaired) electrons. The molecular weight excluding hydrogens is 260 g/mol. The lowest BCUT2D eigenvalue weighted by Gasteiger charge is -2.06. The van der Waals surface area contributed by atoms with Gasteiger partial charge in [0.2, 0.25) is 0 Å². The maximum atomic E-state index is 12.3. The zero-order chi connectivity index (χ0) is 15.0. The summed E-state index contributed by atoms with van der Waals surface area (Å²) in [6.07, 6.45) is 0. The van der Waals surface area contributed by atoms with Gasteiger partial charge in [0.1, 0.15) is 5.69 Å². The normalized spacial score (nSPS) is 10.8. The summed E-state index contributed by atoms with van der Waals surface area (Å²) in [6.45, 7) is 6.08. The molecule has 3 heteroatoms. The van der Waals surface area contributed by atoms with Gasteiger partial charge in [-0.2, -0.15) is 0 Å². The van der Waals surface area contributed by atoms with E-state index in [-0.39, 0.29) is 5.91 Å². The number of H-pyrrole nitrogens is 1. The molecule has 0 aliphatic heterocycles. The Hall–Kier alpha value is -2.55. The van der Waals surface area contributed by atoms with Crippen LogP contribution in [0.25, 0.3) is 10.9 Å². The van der Waals surface area contributed by atoms with E-state index >= 15 is 0 Å². The summed E-state index contributed by atoms with van der Waals surface area (Å²) in [4.78, 5) is 15.5. The summed E-state index contributed by atoms with van der Waals surface area (Å²) in [5.74, 6) is -0.117. The maximum Gasteiger partial charge on any atom is 0.272 e. The molecule has 0 saturated carbocycles. The van der Waals surface area contributed by atoms with E-state index in [2.05, 4.69) is 16.4 Å². The van der Waals surface area contributed by atoms with Gasteiger partial charge >= 0.3 is 0 Å². The third-order valence-electron chi connectivity index (χ3n) is 3.50. The fourth-order valence-electron chi connectivity index (χ4n) is 2.61. The summed E-state index contributed by atoms with van der Waals surface area (Å²) >= 11 is 0. The minimum absolute atomic E-state index is 0.117. The van der Waals surface area contributed by atoms with E-state index in [1.54, 1.807) is 0 Å². The maximum absolute atomic E-state index is 12.3. The van der Waals surface area contributed by atoms with Crippen LogP contribution < -0.4 is 5.32 Å². The van der Waals surface area contributed by atoms with Crippen LogP contribution in [0.3, 0.4) is 0 Å². The van der Waals surface area contributed by atoms with E-state index in [0.717, 1.165) is 27.7 Å². The molecule has 3 nitrogen and oxygen atoms in total. The van der Waals surface area contributed by atoms with E-state index in [1.165, 1.54) is 5.56 Å². The second-order valence-electron chi connectivity index (χ2n) is 5.60. The van der Waals surface area contributed by atoms with Crippen molar-refractivity contribution in [1.29, 1.82) is 0 Å². The molecule has 106 valence electrons. The Morgan fingerprint density at radius 1 is 0.905 bits per heavy atom. The largest absolute Gasteiger partial charge is 0.351 e. The molecule has 0 bridgehead atoms. The summed E-state index contributed by atoms with van der Waals surface area (Å²) < 4.78 is 0. The zero-order valence-electron chi connectivity index (χ0n) is 12.4. The molecule has 0 saturated heterocycles. The molecule has 0 fully saturated rings. The van der Waals surface area contributed by atoms with Crippen molar-refractivity contribution in [3.8, 4) is 0 Å². The first-order chi connectivity index (χ1) is 10.0. The van der Waals surface area contributed by atoms with Crippen LogP contribution in [0, 0.1) is 20.8 Å². The number of benzene rings is 2. The number of hydrogen-bond donors (Lipinski definition) is 2. The SMILES string of the molecule is Cc1cc(C)cc(NC(=O)c2cc3ccc(C)cc3[nH]2)c1. The van der Waals surface area contributed by atoms with Crippen LogP contribution >= 0.6 is 0 Å².